The maximum absolute atomic E-state index is 13.8. The molecule has 0 radical (unpaired) electrons. The summed E-state index contributed by atoms with van der Waals surface area (Å²) in [5, 5.41) is 24.0. The van der Waals surface area contributed by atoms with Crippen LogP contribution in [0, 0.1) is 5.82 Å². The summed E-state index contributed by atoms with van der Waals surface area (Å²) < 4.78 is 19.6. The molecule has 3 amide bonds. The van der Waals surface area contributed by atoms with Crippen LogP contribution in [0.1, 0.15) is 43.0 Å². The summed E-state index contributed by atoms with van der Waals surface area (Å²) in [5.41, 5.74) is 1.36. The maximum Gasteiger partial charge on any atom is 0.352 e. The predicted octanol–water partition coefficient (Wildman–Crippen LogP) is 2.42. The van der Waals surface area contributed by atoms with E-state index in [-0.39, 0.29) is 23.2 Å². The van der Waals surface area contributed by atoms with Gasteiger partial charge in [-0.15, -0.1) is 11.8 Å². The van der Waals surface area contributed by atoms with Gasteiger partial charge in [-0.25, -0.2) is 14.2 Å². The van der Waals surface area contributed by atoms with E-state index in [1.165, 1.54) is 17.8 Å². The highest BCUT2D eigenvalue weighted by molar-refractivity contribution is 8.00. The topological polar surface area (TPSA) is 174 Å². The Labute approximate surface area is 237 Å². The number of carbonyl (C=O) groups is 4. The van der Waals surface area contributed by atoms with Gasteiger partial charge in [-0.1, -0.05) is 12.1 Å². The Hall–Kier alpha value is -4.59. The number of ether oxygens (including phenoxy) is 1. The van der Waals surface area contributed by atoms with Crippen LogP contribution in [-0.2, 0) is 14.4 Å². The van der Waals surface area contributed by atoms with Gasteiger partial charge in [-0.2, -0.15) is 0 Å². The van der Waals surface area contributed by atoms with Crippen molar-refractivity contribution < 1.29 is 38.5 Å². The van der Waals surface area contributed by atoms with Crippen molar-refractivity contribution in [2.75, 3.05) is 5.75 Å². The minimum absolute atomic E-state index is 0.0385. The van der Waals surface area contributed by atoms with Gasteiger partial charge in [0.25, 0.3) is 11.8 Å². The number of imidazole rings is 1. The van der Waals surface area contributed by atoms with E-state index in [0.717, 1.165) is 17.0 Å². The molecule has 14 heteroatoms. The lowest BCUT2D eigenvalue weighted by Gasteiger charge is -2.49. The molecule has 3 atom stereocenters. The number of hydrogen-bond donors (Lipinski definition) is 5. The Morgan fingerprint density at radius 2 is 2.00 bits per heavy atom. The fourth-order valence-electron chi connectivity index (χ4n) is 4.68. The van der Waals surface area contributed by atoms with E-state index >= 15 is 0 Å². The maximum atomic E-state index is 13.8. The molecule has 3 aromatic rings. The van der Waals surface area contributed by atoms with Crippen molar-refractivity contribution in [1.82, 2.24) is 25.5 Å². The number of amides is 3. The molecule has 2 aliphatic heterocycles. The number of H-pyrrole nitrogens is 1. The molecule has 0 aliphatic carbocycles. The summed E-state index contributed by atoms with van der Waals surface area (Å²) in [4.78, 5) is 59.7. The second-order valence-electron chi connectivity index (χ2n) is 9.85. The minimum Gasteiger partial charge on any atom is -0.505 e. The molecule has 5 N–H and O–H groups in total. The molecule has 1 fully saturated rings. The number of phenolic OH excluding ortho intramolecular Hbond substituents is 1. The monoisotopic (exact) mass is 583 g/mol. The van der Waals surface area contributed by atoms with Gasteiger partial charge in [0.1, 0.15) is 34.4 Å². The molecule has 3 heterocycles. The SMILES string of the molecule is CC1=C(C(=O)O)N2C(=O)C(NC(=O)C(NC(=O)c3nc4c(OC(C)C)cccc4[nH]3)c3ccc(F)c(O)c3)[C@@H]2SC1. The highest BCUT2D eigenvalue weighted by Crippen LogP contribution is 2.40. The van der Waals surface area contributed by atoms with Crippen molar-refractivity contribution in [2.45, 2.75) is 44.3 Å². The van der Waals surface area contributed by atoms with Crippen LogP contribution >= 0.6 is 11.8 Å². The molecule has 214 valence electrons. The molecular formula is C27H26FN5O7S. The molecule has 2 unspecified atom stereocenters. The number of carbonyl (C=O) groups excluding carboxylic acids is 3. The lowest BCUT2D eigenvalue weighted by atomic mass is 10.0. The predicted molar refractivity (Wildman–Crippen MR) is 145 cm³/mol. The number of thioether (sulfide) groups is 1. The van der Waals surface area contributed by atoms with E-state index in [0.29, 0.717) is 28.1 Å². The van der Waals surface area contributed by atoms with Crippen LogP contribution in [0.5, 0.6) is 11.5 Å². The molecule has 2 aliphatic rings. The number of fused-ring (bicyclic) bond motifs is 2. The van der Waals surface area contributed by atoms with Gasteiger partial charge in [0.15, 0.2) is 17.4 Å². The van der Waals surface area contributed by atoms with Crippen LogP contribution in [0.15, 0.2) is 47.7 Å². The van der Waals surface area contributed by atoms with Crippen molar-refractivity contribution in [3.05, 3.63) is 64.9 Å². The zero-order chi connectivity index (χ0) is 29.6. The number of phenols is 1. The number of benzene rings is 2. The molecule has 1 aromatic heterocycles. The number of hydrogen-bond acceptors (Lipinski definition) is 8. The normalized spacial score (nSPS) is 19.0. The summed E-state index contributed by atoms with van der Waals surface area (Å²) in [6.45, 7) is 5.31. The molecule has 1 saturated heterocycles. The zero-order valence-corrected chi connectivity index (χ0v) is 22.9. The third-order valence-electron chi connectivity index (χ3n) is 6.55. The molecule has 0 saturated carbocycles. The summed E-state index contributed by atoms with van der Waals surface area (Å²) in [5.74, 6) is -4.48. The largest absolute Gasteiger partial charge is 0.505 e. The quantitative estimate of drug-likeness (QED) is 0.250. The van der Waals surface area contributed by atoms with E-state index < -0.39 is 52.7 Å². The Morgan fingerprint density at radius 3 is 2.68 bits per heavy atom. The number of aromatic nitrogens is 2. The molecule has 0 bridgehead atoms. The molecule has 2 aromatic carbocycles. The molecule has 5 rings (SSSR count). The van der Waals surface area contributed by atoms with Crippen LogP contribution in [0.25, 0.3) is 11.0 Å². The van der Waals surface area contributed by atoms with Gasteiger partial charge < -0.3 is 30.6 Å². The van der Waals surface area contributed by atoms with Crippen molar-refractivity contribution in [3.8, 4) is 11.5 Å². The number of rotatable bonds is 8. The number of aromatic amines is 1. The molecule has 0 spiro atoms. The lowest BCUT2D eigenvalue weighted by molar-refractivity contribution is -0.151. The van der Waals surface area contributed by atoms with Crippen molar-refractivity contribution in [1.29, 1.82) is 0 Å². The number of β-lactam (4-membered cyclic amide) rings is 1. The number of carboxylic acids is 1. The first-order chi connectivity index (χ1) is 19.5. The van der Waals surface area contributed by atoms with Crippen LogP contribution in [0.3, 0.4) is 0 Å². The molecular weight excluding hydrogens is 557 g/mol. The van der Waals surface area contributed by atoms with Crippen LogP contribution < -0.4 is 15.4 Å². The number of aliphatic carboxylic acids is 1. The second-order valence-corrected chi connectivity index (χ2v) is 11.0. The summed E-state index contributed by atoms with van der Waals surface area (Å²) in [6.07, 6.45) is -0.146. The Kier molecular flexibility index (Phi) is 7.34. The third-order valence-corrected chi connectivity index (χ3v) is 7.98. The van der Waals surface area contributed by atoms with Gasteiger partial charge >= 0.3 is 5.97 Å². The van der Waals surface area contributed by atoms with Gasteiger partial charge in [-0.3, -0.25) is 19.3 Å². The Morgan fingerprint density at radius 1 is 1.24 bits per heavy atom. The van der Waals surface area contributed by atoms with E-state index in [1.54, 1.807) is 25.1 Å². The van der Waals surface area contributed by atoms with E-state index in [1.807, 2.05) is 13.8 Å². The van der Waals surface area contributed by atoms with Crippen LogP contribution in [0.2, 0.25) is 0 Å². The minimum atomic E-state index is -1.47. The van der Waals surface area contributed by atoms with Crippen LogP contribution in [0.4, 0.5) is 4.39 Å². The highest BCUT2D eigenvalue weighted by atomic mass is 32.2. The molecule has 12 nitrogen and oxygen atoms in total. The Bertz CT molecular complexity index is 1620. The van der Waals surface area contributed by atoms with Gasteiger partial charge in [0.05, 0.1) is 11.6 Å². The first-order valence-electron chi connectivity index (χ1n) is 12.6. The number of halogens is 1. The van der Waals surface area contributed by atoms with Crippen LogP contribution in [-0.4, -0.2) is 72.0 Å². The molecule has 41 heavy (non-hydrogen) atoms. The number of para-hydroxylation sites is 1. The second kappa shape index (κ2) is 10.8. The number of nitrogens with one attached hydrogen (secondary N) is 3. The van der Waals surface area contributed by atoms with Crippen molar-refractivity contribution in [2.24, 2.45) is 0 Å². The Balaban J connectivity index is 1.41. The summed E-state index contributed by atoms with van der Waals surface area (Å²) >= 11 is 1.29. The highest BCUT2D eigenvalue weighted by Gasteiger charge is 2.54. The number of nitrogens with zero attached hydrogens (tertiary/aromatic N) is 2. The van der Waals surface area contributed by atoms with Gasteiger partial charge in [-0.05, 0) is 56.2 Å². The third kappa shape index (κ3) is 5.17. The fraction of sp³-hybridized carbons (Fsp3) is 0.296. The summed E-state index contributed by atoms with van der Waals surface area (Å²) in [6, 6.07) is 5.74. The van der Waals surface area contributed by atoms with E-state index in [2.05, 4.69) is 20.6 Å². The van der Waals surface area contributed by atoms with Gasteiger partial charge in [0, 0.05) is 5.75 Å². The fourth-order valence-corrected chi connectivity index (χ4v) is 5.98. The average molecular weight is 584 g/mol. The lowest BCUT2D eigenvalue weighted by Crippen LogP contribution is -2.71. The average Bonchev–Trinajstić information content (AvgIpc) is 3.37. The first-order valence-corrected chi connectivity index (χ1v) is 13.6. The zero-order valence-electron chi connectivity index (χ0n) is 22.1. The smallest absolute Gasteiger partial charge is 0.352 e. The van der Waals surface area contributed by atoms with Crippen molar-refractivity contribution >= 4 is 46.5 Å². The van der Waals surface area contributed by atoms with E-state index in [4.69, 9.17) is 4.74 Å². The number of aromatic hydroxyl groups is 1. The van der Waals surface area contributed by atoms with Crippen molar-refractivity contribution in [3.63, 3.8) is 0 Å². The standard InChI is InChI=1S/C27H26FN5O7S/c1-11(2)40-17-6-4-5-15-19(17)30-22(29-15)24(36)31-18(13-7-8-14(28)16(34)9-13)23(35)32-20-25(37)33-21(27(38)39)12(3)10-41-26(20)33/h4-9,11,18,20,26,34H,10H2,1-3H3,(H,29,30)(H,31,36)(H,32,35)(H,38,39)/t18?,20?,26-/m0/s1. The first kappa shape index (κ1) is 28.0. The summed E-state index contributed by atoms with van der Waals surface area (Å²) in [7, 11) is 0. The number of carboxylic acid groups (broad SMARTS) is 1. The van der Waals surface area contributed by atoms with E-state index in [9.17, 15) is 33.8 Å². The van der Waals surface area contributed by atoms with Gasteiger partial charge in [0.2, 0.25) is 5.91 Å².